The Bertz CT molecular complexity index is 1630. The molecule has 5 aromatic rings. The van der Waals surface area contributed by atoms with Gasteiger partial charge in [-0.25, -0.2) is 9.61 Å². The van der Waals surface area contributed by atoms with Gasteiger partial charge in [0.05, 0.1) is 38.1 Å². The number of hydrogen-bond acceptors (Lipinski definition) is 7. The van der Waals surface area contributed by atoms with E-state index >= 15 is 0 Å². The lowest BCUT2D eigenvalue weighted by atomic mass is 10.0. The van der Waals surface area contributed by atoms with Crippen molar-refractivity contribution in [2.75, 3.05) is 26.6 Å². The molecule has 10 heteroatoms. The number of benzene rings is 2. The minimum absolute atomic E-state index is 0.118. The first-order valence-corrected chi connectivity index (χ1v) is 11.3. The first kappa shape index (κ1) is 23.6. The first-order chi connectivity index (χ1) is 18.0. The smallest absolute Gasteiger partial charge is 0.277 e. The molecule has 37 heavy (non-hydrogen) atoms. The Morgan fingerprint density at radius 3 is 2.30 bits per heavy atom. The maximum absolute atomic E-state index is 13.2. The van der Waals surface area contributed by atoms with Crippen LogP contribution in [0.4, 0.5) is 5.69 Å². The second kappa shape index (κ2) is 9.86. The molecule has 0 saturated heterocycles. The van der Waals surface area contributed by atoms with Crippen molar-refractivity contribution in [2.24, 2.45) is 0 Å². The van der Waals surface area contributed by atoms with E-state index in [9.17, 15) is 9.59 Å². The van der Waals surface area contributed by atoms with E-state index in [1.54, 1.807) is 16.6 Å². The summed E-state index contributed by atoms with van der Waals surface area (Å²) in [4.78, 5) is 25.9. The Morgan fingerprint density at radius 1 is 0.919 bits per heavy atom. The summed E-state index contributed by atoms with van der Waals surface area (Å²) in [7, 11) is 4.44. The highest BCUT2D eigenvalue weighted by molar-refractivity contribution is 6.05. The monoisotopic (exact) mass is 497 g/mol. The molecule has 0 bridgehead atoms. The van der Waals surface area contributed by atoms with Gasteiger partial charge in [0.15, 0.2) is 11.5 Å². The van der Waals surface area contributed by atoms with Crippen molar-refractivity contribution in [1.29, 1.82) is 0 Å². The van der Waals surface area contributed by atoms with Crippen molar-refractivity contribution in [3.63, 3.8) is 0 Å². The van der Waals surface area contributed by atoms with Gasteiger partial charge >= 0.3 is 0 Å². The highest BCUT2D eigenvalue weighted by atomic mass is 16.5. The number of pyridine rings is 1. The second-order valence-electron chi connectivity index (χ2n) is 7.98. The number of fused-ring (bicyclic) bond motifs is 1. The van der Waals surface area contributed by atoms with Crippen LogP contribution in [-0.2, 0) is 0 Å². The predicted molar refractivity (Wildman–Crippen MR) is 139 cm³/mol. The number of ether oxygens (including phenoxy) is 3. The van der Waals surface area contributed by atoms with E-state index in [2.05, 4.69) is 15.5 Å². The summed E-state index contributed by atoms with van der Waals surface area (Å²) in [5, 5.41) is 14.2. The van der Waals surface area contributed by atoms with Gasteiger partial charge in [0.2, 0.25) is 5.75 Å². The SMILES string of the molecule is COc1cc(NC(=O)c2cc(-c3c(-c4ccccc4)nn4ccccc34)n[nH]c2=O)cc(OC)c1OC. The van der Waals surface area contributed by atoms with Crippen LogP contribution in [0.3, 0.4) is 0 Å². The maximum Gasteiger partial charge on any atom is 0.277 e. The van der Waals surface area contributed by atoms with Gasteiger partial charge < -0.3 is 19.5 Å². The number of hydrogen-bond donors (Lipinski definition) is 2. The van der Waals surface area contributed by atoms with Crippen molar-refractivity contribution in [2.45, 2.75) is 0 Å². The minimum atomic E-state index is -0.633. The maximum atomic E-state index is 13.2. The Kier molecular flexibility index (Phi) is 6.29. The largest absolute Gasteiger partial charge is 0.493 e. The molecular formula is C27H23N5O5. The van der Waals surface area contributed by atoms with Crippen molar-refractivity contribution < 1.29 is 19.0 Å². The van der Waals surface area contributed by atoms with Crippen LogP contribution in [-0.4, -0.2) is 47.0 Å². The van der Waals surface area contributed by atoms with Gasteiger partial charge in [-0.15, -0.1) is 0 Å². The van der Waals surface area contributed by atoms with Crippen molar-refractivity contribution in [1.82, 2.24) is 19.8 Å². The summed E-state index contributed by atoms with van der Waals surface area (Å²) in [6.45, 7) is 0. The number of amides is 1. The van der Waals surface area contributed by atoms with Gasteiger partial charge in [-0.05, 0) is 18.2 Å². The topological polar surface area (TPSA) is 120 Å². The van der Waals surface area contributed by atoms with Crippen molar-refractivity contribution in [3.05, 3.63) is 88.8 Å². The molecule has 10 nitrogen and oxygen atoms in total. The molecule has 0 aliphatic rings. The molecule has 186 valence electrons. The number of rotatable bonds is 7. The number of carbonyl (C=O) groups is 1. The van der Waals surface area contributed by atoms with E-state index in [1.165, 1.54) is 27.4 Å². The van der Waals surface area contributed by atoms with Crippen LogP contribution in [0.15, 0.2) is 77.7 Å². The molecule has 1 amide bonds. The van der Waals surface area contributed by atoms with E-state index in [4.69, 9.17) is 19.3 Å². The summed E-state index contributed by atoms with van der Waals surface area (Å²) in [6.07, 6.45) is 1.83. The summed E-state index contributed by atoms with van der Waals surface area (Å²) in [6, 6.07) is 19.9. The number of carbonyl (C=O) groups excluding carboxylic acids is 1. The van der Waals surface area contributed by atoms with Crippen LogP contribution in [0.1, 0.15) is 10.4 Å². The quantitative estimate of drug-likeness (QED) is 0.348. The molecule has 0 saturated carbocycles. The van der Waals surface area contributed by atoms with Crippen molar-refractivity contribution in [3.8, 4) is 39.8 Å². The zero-order valence-electron chi connectivity index (χ0n) is 20.3. The van der Waals surface area contributed by atoms with Crippen LogP contribution >= 0.6 is 0 Å². The first-order valence-electron chi connectivity index (χ1n) is 11.3. The molecule has 0 spiro atoms. The molecule has 0 atom stereocenters. The Labute approximate surface area is 211 Å². The number of H-pyrrole nitrogens is 1. The molecule has 3 aromatic heterocycles. The average molecular weight is 498 g/mol. The number of aromatic nitrogens is 4. The third kappa shape index (κ3) is 4.36. The number of aromatic amines is 1. The lowest BCUT2D eigenvalue weighted by Gasteiger charge is -2.14. The zero-order valence-corrected chi connectivity index (χ0v) is 20.3. The van der Waals surface area contributed by atoms with E-state index in [0.717, 1.165) is 11.1 Å². The molecule has 0 aliphatic heterocycles. The molecule has 2 N–H and O–H groups in total. The van der Waals surface area contributed by atoms with Crippen LogP contribution in [0, 0.1) is 0 Å². The fourth-order valence-corrected chi connectivity index (χ4v) is 4.10. The van der Waals surface area contributed by atoms with E-state index in [1.807, 2.05) is 54.7 Å². The number of anilines is 1. The van der Waals surface area contributed by atoms with E-state index in [-0.39, 0.29) is 5.56 Å². The van der Waals surface area contributed by atoms with E-state index < -0.39 is 11.5 Å². The Balaban J connectivity index is 1.58. The molecular weight excluding hydrogens is 474 g/mol. The van der Waals surface area contributed by atoms with Gasteiger partial charge in [-0.2, -0.15) is 10.2 Å². The number of nitrogens with zero attached hydrogens (tertiary/aromatic N) is 3. The third-order valence-electron chi connectivity index (χ3n) is 5.81. The second-order valence-corrected chi connectivity index (χ2v) is 7.98. The lowest BCUT2D eigenvalue weighted by Crippen LogP contribution is -2.24. The van der Waals surface area contributed by atoms with Crippen LogP contribution in [0.5, 0.6) is 17.2 Å². The highest BCUT2D eigenvalue weighted by Gasteiger charge is 2.21. The summed E-state index contributed by atoms with van der Waals surface area (Å²) in [5.74, 6) is 0.478. The molecule has 5 rings (SSSR count). The lowest BCUT2D eigenvalue weighted by molar-refractivity contribution is 0.102. The van der Waals surface area contributed by atoms with Crippen LogP contribution in [0.2, 0.25) is 0 Å². The van der Waals surface area contributed by atoms with Crippen LogP contribution in [0.25, 0.3) is 28.0 Å². The standard InChI is InChI=1S/C27H23N5O5/c1-35-21-13-17(14-22(36-2)25(21)37-3)28-26(33)18-15-19(29-30-27(18)34)23-20-11-7-8-12-32(20)31-24(23)16-9-5-4-6-10-16/h4-15H,1-3H3,(H,28,33)(H,30,34). The average Bonchev–Trinajstić information content (AvgIpc) is 3.33. The zero-order chi connectivity index (χ0) is 25.9. The fourth-order valence-electron chi connectivity index (χ4n) is 4.10. The molecule has 0 aliphatic carbocycles. The Hall–Kier alpha value is -5.12. The van der Waals surface area contributed by atoms with Gasteiger partial charge in [0.1, 0.15) is 11.3 Å². The highest BCUT2D eigenvalue weighted by Crippen LogP contribution is 2.40. The summed E-state index contributed by atoms with van der Waals surface area (Å²) < 4.78 is 17.8. The summed E-state index contributed by atoms with van der Waals surface area (Å²) >= 11 is 0. The summed E-state index contributed by atoms with van der Waals surface area (Å²) in [5.41, 5.74) is 3.01. The van der Waals surface area contributed by atoms with E-state index in [0.29, 0.717) is 39.9 Å². The molecule has 2 aromatic carbocycles. The van der Waals surface area contributed by atoms with Crippen LogP contribution < -0.4 is 25.1 Å². The number of nitrogens with one attached hydrogen (secondary N) is 2. The van der Waals surface area contributed by atoms with Gasteiger partial charge in [-0.3, -0.25) is 9.59 Å². The Morgan fingerprint density at radius 2 is 1.62 bits per heavy atom. The fraction of sp³-hybridized carbons (Fsp3) is 0.111. The molecule has 0 radical (unpaired) electrons. The normalized spacial score (nSPS) is 10.8. The minimum Gasteiger partial charge on any atom is -0.493 e. The van der Waals surface area contributed by atoms with Gasteiger partial charge in [0.25, 0.3) is 11.5 Å². The molecule has 3 heterocycles. The molecule has 0 fully saturated rings. The molecule has 0 unspecified atom stereocenters. The van der Waals surface area contributed by atoms with Gasteiger partial charge in [-0.1, -0.05) is 36.4 Å². The van der Waals surface area contributed by atoms with Crippen molar-refractivity contribution >= 4 is 17.1 Å². The predicted octanol–water partition coefficient (Wildman–Crippen LogP) is 4.03. The third-order valence-corrected chi connectivity index (χ3v) is 5.81. The van der Waals surface area contributed by atoms with Gasteiger partial charge in [0, 0.05) is 29.6 Å². The number of methoxy groups -OCH3 is 3.